The molecule has 0 aliphatic carbocycles. The largest absolute Gasteiger partial charge is 0.482 e. The topological polar surface area (TPSA) is 152 Å². The van der Waals surface area contributed by atoms with Gasteiger partial charge in [0.05, 0.1) is 12.7 Å². The van der Waals surface area contributed by atoms with Crippen LogP contribution in [0.2, 0.25) is 0 Å². The van der Waals surface area contributed by atoms with Gasteiger partial charge in [-0.3, -0.25) is 15.0 Å². The van der Waals surface area contributed by atoms with Crippen molar-refractivity contribution in [2.75, 3.05) is 13.2 Å². The Morgan fingerprint density at radius 2 is 1.59 bits per heavy atom. The molecule has 2 rings (SSSR count). The number of ketones is 1. The van der Waals surface area contributed by atoms with Gasteiger partial charge in [0.25, 0.3) is 5.91 Å². The van der Waals surface area contributed by atoms with Gasteiger partial charge in [0.2, 0.25) is 0 Å². The number of esters is 1. The number of benzene rings is 2. The highest BCUT2D eigenvalue weighted by Gasteiger charge is 2.22. The van der Waals surface area contributed by atoms with Gasteiger partial charge in [0.15, 0.2) is 12.4 Å². The molecule has 9 nitrogen and oxygen atoms in total. The highest BCUT2D eigenvalue weighted by atomic mass is 16.6. The first-order valence-electron chi connectivity index (χ1n) is 10.1. The second-order valence-electron chi connectivity index (χ2n) is 7.09. The number of carbonyl (C=O) groups is 3. The molecule has 0 heterocycles. The molecule has 0 saturated heterocycles. The number of aliphatic hydroxyl groups is 1. The number of nitrogens with one attached hydrogen (secondary N) is 2. The first kappa shape index (κ1) is 24.5. The monoisotopic (exact) mass is 441 g/mol. The minimum absolute atomic E-state index is 0.125. The highest BCUT2D eigenvalue weighted by Crippen LogP contribution is 2.14. The van der Waals surface area contributed by atoms with E-state index >= 15 is 0 Å². The lowest BCUT2D eigenvalue weighted by atomic mass is 10.0. The third-order valence-electron chi connectivity index (χ3n) is 4.67. The molecule has 0 aliphatic rings. The molecule has 2 aromatic carbocycles. The predicted octanol–water partition coefficient (Wildman–Crippen LogP) is 1.66. The van der Waals surface area contributed by atoms with Crippen LogP contribution in [0.25, 0.3) is 0 Å². The Morgan fingerprint density at radius 3 is 2.12 bits per heavy atom. The Kier molecular flexibility index (Phi) is 8.91. The zero-order valence-electron chi connectivity index (χ0n) is 18.0. The van der Waals surface area contributed by atoms with Crippen LogP contribution in [0.15, 0.2) is 48.5 Å². The smallest absolute Gasteiger partial charge is 0.344 e. The zero-order valence-corrected chi connectivity index (χ0v) is 18.0. The van der Waals surface area contributed by atoms with Crippen LogP contribution in [0.4, 0.5) is 0 Å². The van der Waals surface area contributed by atoms with Gasteiger partial charge in [0.1, 0.15) is 17.6 Å². The molecule has 0 bridgehead atoms. The van der Waals surface area contributed by atoms with E-state index in [1.165, 1.54) is 48.5 Å². The SMILES string of the molecule is CC[C@H](C)OC(=O)COc1ccc(C(=O)[C@H](CO)NC(=O)c2ccc(C(=N)N)cc2)cc1. The average molecular weight is 441 g/mol. The Balaban J connectivity index is 1.96. The summed E-state index contributed by atoms with van der Waals surface area (Å²) in [6.07, 6.45) is 0.512. The van der Waals surface area contributed by atoms with E-state index < -0.39 is 30.3 Å². The summed E-state index contributed by atoms with van der Waals surface area (Å²) < 4.78 is 10.5. The van der Waals surface area contributed by atoms with Crippen LogP contribution in [0.5, 0.6) is 5.75 Å². The molecule has 170 valence electrons. The molecule has 0 fully saturated rings. The van der Waals surface area contributed by atoms with Crippen LogP contribution in [-0.2, 0) is 9.53 Å². The van der Waals surface area contributed by atoms with E-state index in [1.54, 1.807) is 6.92 Å². The molecule has 1 amide bonds. The summed E-state index contributed by atoms with van der Waals surface area (Å²) in [4.78, 5) is 36.8. The number of Topliss-reactive ketones (excluding diaryl/α,β-unsaturated/α-hetero) is 1. The van der Waals surface area contributed by atoms with Gasteiger partial charge >= 0.3 is 5.97 Å². The van der Waals surface area contributed by atoms with Crippen LogP contribution in [0.1, 0.15) is 46.5 Å². The van der Waals surface area contributed by atoms with Gasteiger partial charge in [-0.2, -0.15) is 0 Å². The molecular weight excluding hydrogens is 414 g/mol. The van der Waals surface area contributed by atoms with Gasteiger partial charge < -0.3 is 25.6 Å². The first-order chi connectivity index (χ1) is 15.2. The van der Waals surface area contributed by atoms with E-state index in [9.17, 15) is 19.5 Å². The number of carbonyl (C=O) groups excluding carboxylic acids is 3. The number of rotatable bonds is 11. The molecule has 9 heteroatoms. The number of nitrogen functional groups attached to an aromatic ring is 1. The standard InChI is InChI=1S/C23H27N3O6/c1-3-14(2)32-20(28)13-31-18-10-8-15(9-11-18)21(29)19(12-27)26-23(30)17-6-4-16(5-7-17)22(24)25/h4-11,14,19,27H,3,12-13H2,1-2H3,(H3,24,25)(H,26,30)/t14-,19-/m0/s1. The van der Waals surface area contributed by atoms with E-state index in [0.717, 1.165) is 0 Å². The molecule has 0 aliphatic heterocycles. The summed E-state index contributed by atoms with van der Waals surface area (Å²) in [5.41, 5.74) is 6.37. The van der Waals surface area contributed by atoms with Crippen molar-refractivity contribution >= 4 is 23.5 Å². The van der Waals surface area contributed by atoms with E-state index in [0.29, 0.717) is 17.7 Å². The molecule has 0 spiro atoms. The summed E-state index contributed by atoms with van der Waals surface area (Å²) in [5, 5.41) is 19.5. The van der Waals surface area contributed by atoms with E-state index in [2.05, 4.69) is 5.32 Å². The number of nitrogens with two attached hydrogens (primary N) is 1. The van der Waals surface area contributed by atoms with Crippen LogP contribution >= 0.6 is 0 Å². The minimum atomic E-state index is -1.15. The molecule has 0 saturated carbocycles. The number of ether oxygens (including phenoxy) is 2. The quantitative estimate of drug-likeness (QED) is 0.179. The molecule has 0 aromatic heterocycles. The third kappa shape index (κ3) is 6.92. The fraction of sp³-hybridized carbons (Fsp3) is 0.304. The summed E-state index contributed by atoms with van der Waals surface area (Å²) in [6.45, 7) is 2.85. The third-order valence-corrected chi connectivity index (χ3v) is 4.67. The normalized spacial score (nSPS) is 12.3. The maximum absolute atomic E-state index is 12.7. The van der Waals surface area contributed by atoms with E-state index in [1.807, 2.05) is 6.92 Å². The molecule has 5 N–H and O–H groups in total. The minimum Gasteiger partial charge on any atom is -0.482 e. The Morgan fingerprint density at radius 1 is 1.03 bits per heavy atom. The van der Waals surface area contributed by atoms with Crippen molar-refractivity contribution in [2.45, 2.75) is 32.4 Å². The van der Waals surface area contributed by atoms with Gasteiger partial charge in [-0.15, -0.1) is 0 Å². The number of amidine groups is 1. The van der Waals surface area contributed by atoms with E-state index in [-0.39, 0.29) is 29.7 Å². The van der Waals surface area contributed by atoms with Gasteiger partial charge in [-0.1, -0.05) is 19.1 Å². The van der Waals surface area contributed by atoms with Crippen molar-refractivity contribution in [3.63, 3.8) is 0 Å². The van der Waals surface area contributed by atoms with Crippen molar-refractivity contribution in [2.24, 2.45) is 5.73 Å². The second kappa shape index (κ2) is 11.6. The van der Waals surface area contributed by atoms with Crippen molar-refractivity contribution in [1.82, 2.24) is 5.32 Å². The van der Waals surface area contributed by atoms with Gasteiger partial charge in [-0.25, -0.2) is 4.79 Å². The van der Waals surface area contributed by atoms with Gasteiger partial charge in [-0.05, 0) is 49.7 Å². The number of aliphatic hydroxyl groups excluding tert-OH is 1. The lowest BCUT2D eigenvalue weighted by molar-refractivity contribution is -0.150. The fourth-order valence-electron chi connectivity index (χ4n) is 2.64. The number of hydrogen-bond acceptors (Lipinski definition) is 7. The highest BCUT2D eigenvalue weighted by molar-refractivity contribution is 6.04. The fourth-order valence-corrected chi connectivity index (χ4v) is 2.64. The maximum Gasteiger partial charge on any atom is 0.344 e. The molecule has 2 atom stereocenters. The summed E-state index contributed by atoms with van der Waals surface area (Å²) >= 11 is 0. The molecule has 0 unspecified atom stereocenters. The summed E-state index contributed by atoms with van der Waals surface area (Å²) in [5.74, 6) is -1.27. The lowest BCUT2D eigenvalue weighted by Crippen LogP contribution is -2.43. The Hall–Kier alpha value is -3.72. The van der Waals surface area contributed by atoms with Gasteiger partial charge in [0, 0.05) is 16.7 Å². The number of amides is 1. The maximum atomic E-state index is 12.7. The van der Waals surface area contributed by atoms with Crippen molar-refractivity contribution < 1.29 is 29.0 Å². The zero-order chi connectivity index (χ0) is 23.7. The van der Waals surface area contributed by atoms with Crippen molar-refractivity contribution in [1.29, 1.82) is 5.41 Å². The average Bonchev–Trinajstić information content (AvgIpc) is 2.80. The van der Waals surface area contributed by atoms with Crippen LogP contribution in [0, 0.1) is 5.41 Å². The van der Waals surface area contributed by atoms with E-state index in [4.69, 9.17) is 20.6 Å². The molecular formula is C23H27N3O6. The van der Waals surface area contributed by atoms with Crippen molar-refractivity contribution in [3.8, 4) is 5.75 Å². The Bertz CT molecular complexity index is 957. The molecule has 0 radical (unpaired) electrons. The second-order valence-corrected chi connectivity index (χ2v) is 7.09. The molecule has 2 aromatic rings. The summed E-state index contributed by atoms with van der Waals surface area (Å²) in [7, 11) is 0. The molecule has 32 heavy (non-hydrogen) atoms. The van der Waals surface area contributed by atoms with Crippen LogP contribution in [-0.4, -0.2) is 54.0 Å². The van der Waals surface area contributed by atoms with Crippen LogP contribution < -0.4 is 15.8 Å². The number of hydrogen-bond donors (Lipinski definition) is 4. The predicted molar refractivity (Wildman–Crippen MR) is 118 cm³/mol. The lowest BCUT2D eigenvalue weighted by Gasteiger charge is -2.16. The Labute approximate surface area is 186 Å². The van der Waals surface area contributed by atoms with Crippen LogP contribution in [0.3, 0.4) is 0 Å². The van der Waals surface area contributed by atoms with Crippen molar-refractivity contribution in [3.05, 3.63) is 65.2 Å². The first-order valence-corrected chi connectivity index (χ1v) is 10.1. The summed E-state index contributed by atoms with van der Waals surface area (Å²) in [6, 6.07) is 10.8.